The third-order valence-corrected chi connectivity index (χ3v) is 3.40. The summed E-state index contributed by atoms with van der Waals surface area (Å²) in [5, 5.41) is 11.3. The van der Waals surface area contributed by atoms with Gasteiger partial charge in [-0.15, -0.1) is 0 Å². The Morgan fingerprint density at radius 3 is 2.68 bits per heavy atom. The van der Waals surface area contributed by atoms with E-state index in [0.29, 0.717) is 0 Å². The molecule has 98 valence electrons. The topological polar surface area (TPSA) is 94.9 Å². The van der Waals surface area contributed by atoms with Gasteiger partial charge in [-0.25, -0.2) is 4.98 Å². The molecule has 7 heteroatoms. The zero-order valence-corrected chi connectivity index (χ0v) is 11.3. The van der Waals surface area contributed by atoms with Crippen LogP contribution in [0.15, 0.2) is 34.2 Å². The lowest BCUT2D eigenvalue weighted by molar-refractivity contribution is -0.389. The summed E-state index contributed by atoms with van der Waals surface area (Å²) in [6, 6.07) is 7.65. The Hall–Kier alpha value is -2.15. The average Bonchev–Trinajstić information content (AvgIpc) is 2.26. The standard InChI is InChI=1S/C12H12N4O2S/c1-7-4-3-5-9(6-7)19-11-10(16(17)18)8(2)14-12(13)15-11/h3-6H,1-2H3,(H2,13,14,15). The molecule has 0 unspecified atom stereocenters. The summed E-state index contributed by atoms with van der Waals surface area (Å²) in [4.78, 5) is 19.3. The molecule has 0 bridgehead atoms. The molecule has 0 saturated carbocycles. The Kier molecular flexibility index (Phi) is 3.66. The molecule has 1 aromatic heterocycles. The number of nitro groups is 1. The molecule has 2 rings (SSSR count). The van der Waals surface area contributed by atoms with Gasteiger partial charge >= 0.3 is 5.69 Å². The number of hydrogen-bond acceptors (Lipinski definition) is 6. The predicted molar refractivity (Wildman–Crippen MR) is 73.1 cm³/mol. The van der Waals surface area contributed by atoms with E-state index in [0.717, 1.165) is 10.5 Å². The molecular formula is C12H12N4O2S. The lowest BCUT2D eigenvalue weighted by atomic mass is 10.2. The van der Waals surface area contributed by atoms with E-state index in [1.165, 1.54) is 11.8 Å². The zero-order valence-electron chi connectivity index (χ0n) is 10.5. The van der Waals surface area contributed by atoms with Gasteiger partial charge in [-0.05, 0) is 26.0 Å². The van der Waals surface area contributed by atoms with Crippen LogP contribution >= 0.6 is 11.8 Å². The Bertz CT molecular complexity index is 646. The van der Waals surface area contributed by atoms with Crippen LogP contribution in [0.2, 0.25) is 0 Å². The van der Waals surface area contributed by atoms with Crippen LogP contribution < -0.4 is 5.73 Å². The van der Waals surface area contributed by atoms with E-state index < -0.39 is 4.92 Å². The fourth-order valence-corrected chi connectivity index (χ4v) is 2.71. The number of benzene rings is 1. The van der Waals surface area contributed by atoms with E-state index in [2.05, 4.69) is 9.97 Å². The summed E-state index contributed by atoms with van der Waals surface area (Å²) >= 11 is 1.21. The van der Waals surface area contributed by atoms with Gasteiger partial charge in [0.25, 0.3) is 0 Å². The summed E-state index contributed by atoms with van der Waals surface area (Å²) in [6.07, 6.45) is 0. The largest absolute Gasteiger partial charge is 0.368 e. The molecule has 1 aromatic carbocycles. The summed E-state index contributed by atoms with van der Waals surface area (Å²) in [5.41, 5.74) is 6.80. The first-order valence-electron chi connectivity index (χ1n) is 5.50. The Morgan fingerprint density at radius 2 is 2.05 bits per heavy atom. The molecule has 6 nitrogen and oxygen atoms in total. The van der Waals surface area contributed by atoms with E-state index in [-0.39, 0.29) is 22.4 Å². The maximum atomic E-state index is 11.1. The minimum absolute atomic E-state index is 0.0400. The first-order chi connectivity index (χ1) is 8.97. The van der Waals surface area contributed by atoms with Crippen LogP contribution in [0, 0.1) is 24.0 Å². The molecule has 1 heterocycles. The Balaban J connectivity index is 2.47. The van der Waals surface area contributed by atoms with Crippen molar-refractivity contribution in [3.05, 3.63) is 45.6 Å². The van der Waals surface area contributed by atoms with Gasteiger partial charge < -0.3 is 5.73 Å². The Morgan fingerprint density at radius 1 is 1.32 bits per heavy atom. The fourth-order valence-electron chi connectivity index (χ4n) is 1.63. The van der Waals surface area contributed by atoms with Crippen LogP contribution in [-0.2, 0) is 0 Å². The van der Waals surface area contributed by atoms with Crippen molar-refractivity contribution in [3.8, 4) is 0 Å². The maximum Gasteiger partial charge on any atom is 0.322 e. The second-order valence-corrected chi connectivity index (χ2v) is 5.06. The molecule has 0 atom stereocenters. The number of nitrogen functional groups attached to an aromatic ring is 1. The third-order valence-electron chi connectivity index (χ3n) is 2.43. The van der Waals surface area contributed by atoms with Gasteiger partial charge in [-0.1, -0.05) is 29.5 Å². The number of aromatic nitrogens is 2. The molecule has 19 heavy (non-hydrogen) atoms. The molecular weight excluding hydrogens is 264 g/mol. The monoisotopic (exact) mass is 276 g/mol. The van der Waals surface area contributed by atoms with Crippen LogP contribution in [0.5, 0.6) is 0 Å². The van der Waals surface area contributed by atoms with Crippen LogP contribution in [0.25, 0.3) is 0 Å². The second-order valence-electron chi connectivity index (χ2n) is 4.00. The molecule has 0 aliphatic heterocycles. The van der Waals surface area contributed by atoms with Gasteiger partial charge in [-0.3, -0.25) is 10.1 Å². The summed E-state index contributed by atoms with van der Waals surface area (Å²) in [5.74, 6) is 0.0400. The number of rotatable bonds is 3. The SMILES string of the molecule is Cc1cccc(Sc2nc(N)nc(C)c2[N+](=O)[O-])c1. The molecule has 0 aliphatic carbocycles. The van der Waals surface area contributed by atoms with Crippen molar-refractivity contribution in [1.29, 1.82) is 0 Å². The van der Waals surface area contributed by atoms with Gasteiger partial charge in [0.05, 0.1) is 4.92 Å². The van der Waals surface area contributed by atoms with Crippen LogP contribution in [0.4, 0.5) is 11.6 Å². The normalized spacial score (nSPS) is 10.4. The minimum atomic E-state index is -0.479. The average molecular weight is 276 g/mol. The second kappa shape index (κ2) is 5.23. The van der Waals surface area contributed by atoms with Crippen LogP contribution in [-0.4, -0.2) is 14.9 Å². The summed E-state index contributed by atoms with van der Waals surface area (Å²) in [7, 11) is 0. The third kappa shape index (κ3) is 3.00. The minimum Gasteiger partial charge on any atom is -0.368 e. The van der Waals surface area contributed by atoms with Crippen molar-refractivity contribution in [3.63, 3.8) is 0 Å². The molecule has 0 radical (unpaired) electrons. The number of nitrogens with zero attached hydrogens (tertiary/aromatic N) is 3. The van der Waals surface area contributed by atoms with E-state index in [1.807, 2.05) is 31.2 Å². The van der Waals surface area contributed by atoms with Gasteiger partial charge in [0, 0.05) is 4.90 Å². The van der Waals surface area contributed by atoms with Gasteiger partial charge in [0.15, 0.2) is 5.03 Å². The molecule has 0 saturated heterocycles. The van der Waals surface area contributed by atoms with Gasteiger partial charge in [-0.2, -0.15) is 4.98 Å². The molecule has 0 fully saturated rings. The van der Waals surface area contributed by atoms with E-state index >= 15 is 0 Å². The lowest BCUT2D eigenvalue weighted by Crippen LogP contribution is -2.03. The van der Waals surface area contributed by atoms with Crippen molar-refractivity contribution in [1.82, 2.24) is 9.97 Å². The predicted octanol–water partition coefficient (Wildman–Crippen LogP) is 2.74. The van der Waals surface area contributed by atoms with Gasteiger partial charge in [0.1, 0.15) is 5.69 Å². The van der Waals surface area contributed by atoms with E-state index in [1.54, 1.807) is 6.92 Å². The summed E-state index contributed by atoms with van der Waals surface area (Å²) < 4.78 is 0. The van der Waals surface area contributed by atoms with Crippen molar-refractivity contribution in [2.75, 3.05) is 5.73 Å². The molecule has 0 amide bonds. The van der Waals surface area contributed by atoms with Crippen molar-refractivity contribution < 1.29 is 4.92 Å². The fraction of sp³-hybridized carbons (Fsp3) is 0.167. The van der Waals surface area contributed by atoms with Gasteiger partial charge in [0.2, 0.25) is 5.95 Å². The first kappa shape index (κ1) is 13.3. The number of anilines is 1. The van der Waals surface area contributed by atoms with Crippen molar-refractivity contribution >= 4 is 23.4 Å². The number of nitrogens with two attached hydrogens (primary N) is 1. The highest BCUT2D eigenvalue weighted by Crippen LogP contribution is 2.35. The lowest BCUT2D eigenvalue weighted by Gasteiger charge is -2.05. The highest BCUT2D eigenvalue weighted by atomic mass is 32.2. The Labute approximate surface area is 114 Å². The molecule has 0 spiro atoms. The maximum absolute atomic E-state index is 11.1. The van der Waals surface area contributed by atoms with Crippen molar-refractivity contribution in [2.24, 2.45) is 0 Å². The van der Waals surface area contributed by atoms with E-state index in [4.69, 9.17) is 5.73 Å². The molecule has 2 N–H and O–H groups in total. The summed E-state index contributed by atoms with van der Waals surface area (Å²) in [6.45, 7) is 3.51. The quantitative estimate of drug-likeness (QED) is 0.526. The highest BCUT2D eigenvalue weighted by Gasteiger charge is 2.22. The molecule has 2 aromatic rings. The highest BCUT2D eigenvalue weighted by molar-refractivity contribution is 7.99. The first-order valence-corrected chi connectivity index (χ1v) is 6.32. The number of hydrogen-bond donors (Lipinski definition) is 1. The van der Waals surface area contributed by atoms with E-state index in [9.17, 15) is 10.1 Å². The van der Waals surface area contributed by atoms with Crippen LogP contribution in [0.3, 0.4) is 0 Å². The van der Waals surface area contributed by atoms with Crippen LogP contribution in [0.1, 0.15) is 11.3 Å². The zero-order chi connectivity index (χ0) is 14.0. The van der Waals surface area contributed by atoms with Crippen molar-refractivity contribution in [2.45, 2.75) is 23.8 Å². The number of aryl methyl sites for hydroxylation is 2. The molecule has 0 aliphatic rings. The smallest absolute Gasteiger partial charge is 0.322 e.